The van der Waals surface area contributed by atoms with E-state index in [9.17, 15) is 4.79 Å². The van der Waals surface area contributed by atoms with Crippen molar-refractivity contribution in [3.8, 4) is 0 Å². The van der Waals surface area contributed by atoms with E-state index in [0.29, 0.717) is 6.54 Å². The maximum absolute atomic E-state index is 12.1. The van der Waals surface area contributed by atoms with Crippen LogP contribution in [-0.4, -0.2) is 45.1 Å². The molecule has 2 heterocycles. The number of carbonyl (C=O) groups excluding carboxylic acids is 1. The first-order valence-corrected chi connectivity index (χ1v) is 6.79. The Morgan fingerprint density at radius 3 is 2.89 bits per heavy atom. The summed E-state index contributed by atoms with van der Waals surface area (Å²) in [6.45, 7) is 7.07. The Kier molecular flexibility index (Phi) is 4.07. The van der Waals surface area contributed by atoms with Crippen LogP contribution in [0.25, 0.3) is 0 Å². The molecule has 1 fully saturated rings. The SMILES string of the molecule is CC(C)(C)OC(=O)N1CCCC[C@@H](c2cn[nH]n2)C1. The van der Waals surface area contributed by atoms with Gasteiger partial charge in [0.1, 0.15) is 5.60 Å². The highest BCUT2D eigenvalue weighted by Crippen LogP contribution is 2.25. The van der Waals surface area contributed by atoms with E-state index in [1.807, 2.05) is 20.8 Å². The van der Waals surface area contributed by atoms with E-state index in [2.05, 4.69) is 15.4 Å². The lowest BCUT2D eigenvalue weighted by Crippen LogP contribution is -2.38. The predicted molar refractivity (Wildman–Crippen MR) is 70.8 cm³/mol. The van der Waals surface area contributed by atoms with Crippen LogP contribution in [-0.2, 0) is 4.74 Å². The number of aromatic nitrogens is 3. The lowest BCUT2D eigenvalue weighted by atomic mass is 10.0. The molecule has 1 aliphatic rings. The first-order chi connectivity index (χ1) is 8.96. The molecule has 2 rings (SSSR count). The number of ether oxygens (including phenoxy) is 1. The van der Waals surface area contributed by atoms with Gasteiger partial charge in [0.15, 0.2) is 0 Å². The van der Waals surface area contributed by atoms with Gasteiger partial charge in [-0.1, -0.05) is 6.42 Å². The number of aromatic amines is 1. The Bertz CT molecular complexity index is 411. The fourth-order valence-electron chi connectivity index (χ4n) is 2.28. The fourth-order valence-corrected chi connectivity index (χ4v) is 2.28. The molecule has 1 atom stereocenters. The van der Waals surface area contributed by atoms with Crippen LogP contribution in [0.15, 0.2) is 6.20 Å². The molecule has 0 unspecified atom stereocenters. The number of likely N-dealkylation sites (tertiary alicyclic amines) is 1. The molecule has 1 saturated heterocycles. The number of nitrogens with zero attached hydrogens (tertiary/aromatic N) is 3. The summed E-state index contributed by atoms with van der Waals surface area (Å²) in [6.07, 6.45) is 4.64. The summed E-state index contributed by atoms with van der Waals surface area (Å²) >= 11 is 0. The van der Waals surface area contributed by atoms with Crippen LogP contribution >= 0.6 is 0 Å². The van der Waals surface area contributed by atoms with Crippen molar-refractivity contribution < 1.29 is 9.53 Å². The van der Waals surface area contributed by atoms with Crippen molar-refractivity contribution in [3.63, 3.8) is 0 Å². The molecule has 0 bridgehead atoms. The molecule has 0 spiro atoms. The molecule has 1 aromatic heterocycles. The second-order valence-corrected chi connectivity index (χ2v) is 6.01. The van der Waals surface area contributed by atoms with Crippen molar-refractivity contribution in [2.45, 2.75) is 51.6 Å². The molecule has 0 aromatic carbocycles. The normalized spacial score (nSPS) is 21.0. The lowest BCUT2D eigenvalue weighted by molar-refractivity contribution is 0.0248. The predicted octanol–water partition coefficient (Wildman–Crippen LogP) is 2.31. The number of amides is 1. The van der Waals surface area contributed by atoms with E-state index >= 15 is 0 Å². The van der Waals surface area contributed by atoms with Crippen molar-refractivity contribution in [1.82, 2.24) is 20.3 Å². The van der Waals surface area contributed by atoms with Crippen molar-refractivity contribution in [3.05, 3.63) is 11.9 Å². The number of nitrogens with one attached hydrogen (secondary N) is 1. The fraction of sp³-hybridized carbons (Fsp3) is 0.769. The monoisotopic (exact) mass is 266 g/mol. The Morgan fingerprint density at radius 2 is 2.26 bits per heavy atom. The van der Waals surface area contributed by atoms with Gasteiger partial charge in [-0.3, -0.25) is 0 Å². The third-order valence-electron chi connectivity index (χ3n) is 3.18. The van der Waals surface area contributed by atoms with Crippen LogP contribution < -0.4 is 0 Å². The quantitative estimate of drug-likeness (QED) is 0.846. The number of hydrogen-bond donors (Lipinski definition) is 1. The molecule has 0 saturated carbocycles. The van der Waals surface area contributed by atoms with Gasteiger partial charge in [-0.2, -0.15) is 15.4 Å². The van der Waals surface area contributed by atoms with E-state index in [1.165, 1.54) is 0 Å². The Balaban J connectivity index is 2.02. The highest BCUT2D eigenvalue weighted by Gasteiger charge is 2.27. The van der Waals surface area contributed by atoms with Crippen molar-refractivity contribution in [1.29, 1.82) is 0 Å². The largest absolute Gasteiger partial charge is 0.444 e. The smallest absolute Gasteiger partial charge is 0.410 e. The van der Waals surface area contributed by atoms with Crippen LogP contribution in [0.2, 0.25) is 0 Å². The number of carbonyl (C=O) groups is 1. The first kappa shape index (κ1) is 13.8. The minimum atomic E-state index is -0.452. The van der Waals surface area contributed by atoms with Crippen LogP contribution in [0.1, 0.15) is 51.6 Å². The Hall–Kier alpha value is -1.59. The van der Waals surface area contributed by atoms with Crippen LogP contribution in [0, 0.1) is 0 Å². The second-order valence-electron chi connectivity index (χ2n) is 6.01. The summed E-state index contributed by atoms with van der Waals surface area (Å²) in [5.41, 5.74) is 0.475. The van der Waals surface area contributed by atoms with Crippen LogP contribution in [0.5, 0.6) is 0 Å². The van der Waals surface area contributed by atoms with E-state index in [4.69, 9.17) is 4.74 Å². The Morgan fingerprint density at radius 1 is 1.47 bits per heavy atom. The average molecular weight is 266 g/mol. The molecule has 6 heteroatoms. The van der Waals surface area contributed by atoms with E-state index < -0.39 is 5.60 Å². The maximum Gasteiger partial charge on any atom is 0.410 e. The van der Waals surface area contributed by atoms with E-state index in [1.54, 1.807) is 11.1 Å². The highest BCUT2D eigenvalue weighted by molar-refractivity contribution is 5.68. The molecule has 0 aliphatic carbocycles. The summed E-state index contributed by atoms with van der Waals surface area (Å²) in [6, 6.07) is 0. The van der Waals surface area contributed by atoms with E-state index in [0.717, 1.165) is 31.5 Å². The molecular formula is C13H22N4O2. The third-order valence-corrected chi connectivity index (χ3v) is 3.18. The zero-order valence-corrected chi connectivity index (χ0v) is 11.8. The minimum Gasteiger partial charge on any atom is -0.444 e. The zero-order valence-electron chi connectivity index (χ0n) is 11.8. The number of rotatable bonds is 1. The third kappa shape index (κ3) is 3.94. The van der Waals surface area contributed by atoms with E-state index in [-0.39, 0.29) is 12.0 Å². The minimum absolute atomic E-state index is 0.233. The topological polar surface area (TPSA) is 71.1 Å². The van der Waals surface area contributed by atoms with Crippen LogP contribution in [0.3, 0.4) is 0 Å². The molecule has 1 N–H and O–H groups in total. The molecule has 6 nitrogen and oxygen atoms in total. The van der Waals surface area contributed by atoms with Gasteiger partial charge in [0.2, 0.25) is 0 Å². The van der Waals surface area contributed by atoms with Crippen LogP contribution in [0.4, 0.5) is 4.79 Å². The van der Waals surface area contributed by atoms with Gasteiger partial charge in [-0.05, 0) is 33.6 Å². The van der Waals surface area contributed by atoms with Gasteiger partial charge in [-0.15, -0.1) is 0 Å². The van der Waals surface area contributed by atoms with Gasteiger partial charge in [0.05, 0.1) is 11.9 Å². The summed E-state index contributed by atoms with van der Waals surface area (Å²) in [7, 11) is 0. The van der Waals surface area contributed by atoms with Gasteiger partial charge < -0.3 is 9.64 Å². The molecule has 1 aliphatic heterocycles. The molecule has 1 aromatic rings. The zero-order chi connectivity index (χ0) is 13.9. The van der Waals surface area contributed by atoms with Gasteiger partial charge in [0, 0.05) is 19.0 Å². The first-order valence-electron chi connectivity index (χ1n) is 6.79. The number of hydrogen-bond acceptors (Lipinski definition) is 4. The van der Waals surface area contributed by atoms with Gasteiger partial charge >= 0.3 is 6.09 Å². The lowest BCUT2D eigenvalue weighted by Gasteiger charge is -2.27. The molecule has 19 heavy (non-hydrogen) atoms. The molecular weight excluding hydrogens is 244 g/mol. The summed E-state index contributed by atoms with van der Waals surface area (Å²) in [5, 5.41) is 10.6. The van der Waals surface area contributed by atoms with Crippen molar-refractivity contribution in [2.75, 3.05) is 13.1 Å². The van der Waals surface area contributed by atoms with Crippen molar-refractivity contribution in [2.24, 2.45) is 0 Å². The summed E-state index contributed by atoms with van der Waals surface area (Å²) in [4.78, 5) is 13.9. The maximum atomic E-state index is 12.1. The van der Waals surface area contributed by atoms with Gasteiger partial charge in [-0.25, -0.2) is 4.79 Å². The highest BCUT2D eigenvalue weighted by atomic mass is 16.6. The van der Waals surface area contributed by atoms with Gasteiger partial charge in [0.25, 0.3) is 0 Å². The second kappa shape index (κ2) is 5.59. The summed E-state index contributed by atoms with van der Waals surface area (Å²) in [5.74, 6) is 0.244. The summed E-state index contributed by atoms with van der Waals surface area (Å²) < 4.78 is 5.44. The molecule has 0 radical (unpaired) electrons. The number of H-pyrrole nitrogens is 1. The van der Waals surface area contributed by atoms with Crippen molar-refractivity contribution >= 4 is 6.09 Å². The molecule has 106 valence electrons. The molecule has 1 amide bonds. The standard InChI is InChI=1S/C13H22N4O2/c1-13(2,3)19-12(18)17-7-5-4-6-10(9-17)11-8-14-16-15-11/h8,10H,4-7,9H2,1-3H3,(H,14,15,16)/t10-/m1/s1. The average Bonchev–Trinajstić information content (AvgIpc) is 2.71. The Labute approximate surface area is 113 Å².